The highest BCUT2D eigenvalue weighted by Gasteiger charge is 2.10. The third-order valence-corrected chi connectivity index (χ3v) is 3.56. The van der Waals surface area contributed by atoms with Gasteiger partial charge in [0.1, 0.15) is 0 Å². The maximum absolute atomic E-state index is 12.2. The van der Waals surface area contributed by atoms with Crippen LogP contribution >= 0.6 is 11.6 Å². The summed E-state index contributed by atoms with van der Waals surface area (Å²) in [5.74, 6) is 0.684. The average Bonchev–Trinajstić information content (AvgIpc) is 2.59. The number of carbonyl (C=O) groups is 1. The fourth-order valence-electron chi connectivity index (χ4n) is 1.99. The van der Waals surface area contributed by atoms with Crippen molar-refractivity contribution in [3.05, 3.63) is 58.6 Å². The van der Waals surface area contributed by atoms with E-state index in [2.05, 4.69) is 10.5 Å². The maximum atomic E-state index is 12.2. The van der Waals surface area contributed by atoms with Crippen LogP contribution in [0.4, 0.5) is 0 Å². The van der Waals surface area contributed by atoms with Crippen molar-refractivity contribution >= 4 is 23.2 Å². The Morgan fingerprint density at radius 1 is 1.09 bits per heavy atom. The van der Waals surface area contributed by atoms with Gasteiger partial charge in [-0.3, -0.25) is 4.79 Å². The summed E-state index contributed by atoms with van der Waals surface area (Å²) in [6, 6.07) is 12.2. The van der Waals surface area contributed by atoms with Gasteiger partial charge in [-0.1, -0.05) is 29.8 Å². The second-order valence-corrected chi connectivity index (χ2v) is 5.09. The van der Waals surface area contributed by atoms with Gasteiger partial charge in [-0.2, -0.15) is 5.10 Å². The zero-order chi connectivity index (χ0) is 16.8. The molecule has 2 aromatic rings. The van der Waals surface area contributed by atoms with E-state index in [0.29, 0.717) is 27.8 Å². The van der Waals surface area contributed by atoms with Crippen LogP contribution in [0.15, 0.2) is 47.6 Å². The van der Waals surface area contributed by atoms with Gasteiger partial charge < -0.3 is 9.47 Å². The summed E-state index contributed by atoms with van der Waals surface area (Å²) in [5, 5.41) is 4.67. The van der Waals surface area contributed by atoms with Crippen molar-refractivity contribution in [2.45, 2.75) is 6.92 Å². The lowest BCUT2D eigenvalue weighted by atomic mass is 10.1. The summed E-state index contributed by atoms with van der Waals surface area (Å²) >= 11 is 6.10. The van der Waals surface area contributed by atoms with Gasteiger partial charge in [0.2, 0.25) is 0 Å². The highest BCUT2D eigenvalue weighted by atomic mass is 35.5. The van der Waals surface area contributed by atoms with E-state index in [1.807, 2.05) is 18.2 Å². The molecule has 23 heavy (non-hydrogen) atoms. The number of hydrogen-bond donors (Lipinski definition) is 1. The van der Waals surface area contributed by atoms with E-state index < -0.39 is 0 Å². The SMILES string of the molecule is COc1ccc(C(=O)N/N=C(/C)c2ccccc2Cl)cc1OC. The zero-order valence-electron chi connectivity index (χ0n) is 13.1. The Morgan fingerprint density at radius 2 is 1.78 bits per heavy atom. The summed E-state index contributed by atoms with van der Waals surface area (Å²) in [4.78, 5) is 12.2. The molecule has 1 amide bonds. The molecule has 120 valence electrons. The molecule has 6 heteroatoms. The number of nitrogens with one attached hydrogen (secondary N) is 1. The number of hydrazone groups is 1. The smallest absolute Gasteiger partial charge is 0.271 e. The van der Waals surface area contributed by atoms with Crippen molar-refractivity contribution < 1.29 is 14.3 Å². The van der Waals surface area contributed by atoms with Crippen LogP contribution in [0.5, 0.6) is 11.5 Å². The molecule has 0 fully saturated rings. The van der Waals surface area contributed by atoms with Crippen molar-refractivity contribution in [1.29, 1.82) is 0 Å². The van der Waals surface area contributed by atoms with E-state index >= 15 is 0 Å². The first-order valence-electron chi connectivity index (χ1n) is 6.88. The van der Waals surface area contributed by atoms with Crippen molar-refractivity contribution in [1.82, 2.24) is 5.43 Å². The van der Waals surface area contributed by atoms with Crippen molar-refractivity contribution in [3.63, 3.8) is 0 Å². The van der Waals surface area contributed by atoms with Gasteiger partial charge >= 0.3 is 0 Å². The third-order valence-electron chi connectivity index (χ3n) is 3.23. The van der Waals surface area contributed by atoms with E-state index in [-0.39, 0.29) is 5.91 Å². The number of halogens is 1. The maximum Gasteiger partial charge on any atom is 0.271 e. The second-order valence-electron chi connectivity index (χ2n) is 4.69. The Kier molecular flexibility index (Phi) is 5.60. The predicted molar refractivity (Wildman–Crippen MR) is 90.7 cm³/mol. The Labute approximate surface area is 139 Å². The Hall–Kier alpha value is -2.53. The van der Waals surface area contributed by atoms with Crippen LogP contribution in [0.25, 0.3) is 0 Å². The molecule has 0 atom stereocenters. The summed E-state index contributed by atoms with van der Waals surface area (Å²) in [7, 11) is 3.05. The van der Waals surface area contributed by atoms with Crippen LogP contribution < -0.4 is 14.9 Å². The molecule has 0 bridgehead atoms. The number of hydrogen-bond acceptors (Lipinski definition) is 4. The minimum absolute atomic E-state index is 0.350. The second kappa shape index (κ2) is 7.65. The quantitative estimate of drug-likeness (QED) is 0.673. The fraction of sp³-hybridized carbons (Fsp3) is 0.176. The van der Waals surface area contributed by atoms with Crippen molar-refractivity contribution in [2.24, 2.45) is 5.10 Å². The minimum Gasteiger partial charge on any atom is -0.493 e. The lowest BCUT2D eigenvalue weighted by molar-refractivity contribution is 0.0954. The first-order valence-corrected chi connectivity index (χ1v) is 7.26. The lowest BCUT2D eigenvalue weighted by Crippen LogP contribution is -2.19. The normalized spacial score (nSPS) is 11.0. The fourth-order valence-corrected chi connectivity index (χ4v) is 2.26. The first-order chi connectivity index (χ1) is 11.1. The molecule has 0 spiro atoms. The highest BCUT2D eigenvalue weighted by molar-refractivity contribution is 6.34. The van der Waals surface area contributed by atoms with Gasteiger partial charge in [-0.15, -0.1) is 0 Å². The Bertz CT molecular complexity index is 744. The molecular weight excluding hydrogens is 316 g/mol. The molecule has 0 aliphatic heterocycles. The molecule has 0 unspecified atom stereocenters. The molecule has 0 aliphatic carbocycles. The largest absolute Gasteiger partial charge is 0.493 e. The summed E-state index contributed by atoms with van der Waals surface area (Å²) < 4.78 is 10.3. The number of carbonyl (C=O) groups excluding carboxylic acids is 1. The Morgan fingerprint density at radius 3 is 2.43 bits per heavy atom. The van der Waals surface area contributed by atoms with Gasteiger partial charge in [-0.25, -0.2) is 5.43 Å². The highest BCUT2D eigenvalue weighted by Crippen LogP contribution is 2.27. The molecule has 5 nitrogen and oxygen atoms in total. The van der Waals surface area contributed by atoms with Gasteiger partial charge in [0.25, 0.3) is 5.91 Å². The molecule has 0 aliphatic rings. The van der Waals surface area contributed by atoms with Crippen molar-refractivity contribution in [2.75, 3.05) is 14.2 Å². The summed E-state index contributed by atoms with van der Waals surface area (Å²) in [6.07, 6.45) is 0. The zero-order valence-corrected chi connectivity index (χ0v) is 13.8. The molecule has 1 N–H and O–H groups in total. The molecule has 0 heterocycles. The predicted octanol–water partition coefficient (Wildman–Crippen LogP) is 3.51. The first kappa shape index (κ1) is 16.8. The summed E-state index contributed by atoms with van der Waals surface area (Å²) in [6.45, 7) is 1.77. The van der Waals surface area contributed by atoms with Crippen molar-refractivity contribution in [3.8, 4) is 11.5 Å². The molecule has 0 saturated carbocycles. The van der Waals surface area contributed by atoms with Gasteiger partial charge in [0, 0.05) is 16.1 Å². The number of ether oxygens (including phenoxy) is 2. The molecular formula is C17H17ClN2O3. The lowest BCUT2D eigenvalue weighted by Gasteiger charge is -2.09. The van der Waals surface area contributed by atoms with E-state index in [4.69, 9.17) is 21.1 Å². The van der Waals surface area contributed by atoms with Gasteiger partial charge in [0.15, 0.2) is 11.5 Å². The molecule has 0 aromatic heterocycles. The van der Waals surface area contributed by atoms with Gasteiger partial charge in [-0.05, 0) is 31.2 Å². The molecule has 2 aromatic carbocycles. The monoisotopic (exact) mass is 332 g/mol. The van der Waals surface area contributed by atoms with Crippen LogP contribution in [0.3, 0.4) is 0 Å². The standard InChI is InChI=1S/C17H17ClN2O3/c1-11(13-6-4-5-7-14(13)18)19-20-17(21)12-8-9-15(22-2)16(10-12)23-3/h4-10H,1-3H3,(H,20,21)/b19-11-. The van der Waals surface area contributed by atoms with Crippen LogP contribution in [-0.4, -0.2) is 25.8 Å². The van der Waals surface area contributed by atoms with E-state index in [1.54, 1.807) is 31.2 Å². The Balaban J connectivity index is 2.16. The number of methoxy groups -OCH3 is 2. The van der Waals surface area contributed by atoms with E-state index in [9.17, 15) is 4.79 Å². The van der Waals surface area contributed by atoms with E-state index in [0.717, 1.165) is 5.56 Å². The number of amides is 1. The molecule has 0 saturated heterocycles. The minimum atomic E-state index is -0.350. The van der Waals surface area contributed by atoms with Crippen LogP contribution in [0, 0.1) is 0 Å². The molecule has 2 rings (SSSR count). The van der Waals surface area contributed by atoms with Crippen LogP contribution in [-0.2, 0) is 0 Å². The number of nitrogens with zero attached hydrogens (tertiary/aromatic N) is 1. The van der Waals surface area contributed by atoms with E-state index in [1.165, 1.54) is 14.2 Å². The molecule has 0 radical (unpaired) electrons. The topological polar surface area (TPSA) is 59.9 Å². The average molecular weight is 333 g/mol. The van der Waals surface area contributed by atoms with Gasteiger partial charge in [0.05, 0.1) is 19.9 Å². The summed E-state index contributed by atoms with van der Waals surface area (Å²) in [5.41, 5.74) is 4.30. The van der Waals surface area contributed by atoms with Crippen LogP contribution in [0.2, 0.25) is 5.02 Å². The van der Waals surface area contributed by atoms with Crippen LogP contribution in [0.1, 0.15) is 22.8 Å². The number of benzene rings is 2. The number of rotatable bonds is 5. The third kappa shape index (κ3) is 4.02.